The zero-order valence-electron chi connectivity index (χ0n) is 9.85. The number of fused-ring (bicyclic) bond motifs is 1. The van der Waals surface area contributed by atoms with Gasteiger partial charge < -0.3 is 4.74 Å². The number of aromatic nitrogens is 2. The smallest absolute Gasteiger partial charge is 0.232 e. The molecule has 0 spiro atoms. The molecular weight excluding hydrogens is 287 g/mol. The van der Waals surface area contributed by atoms with Crippen LogP contribution in [0.4, 0.5) is 4.39 Å². The van der Waals surface area contributed by atoms with E-state index in [1.807, 2.05) is 11.4 Å². The van der Waals surface area contributed by atoms with Gasteiger partial charge in [-0.05, 0) is 41.6 Å². The van der Waals surface area contributed by atoms with Crippen LogP contribution in [0.15, 0.2) is 29.6 Å². The third-order valence-corrected chi connectivity index (χ3v) is 3.60. The molecule has 0 aliphatic carbocycles. The average Bonchev–Trinajstić information content (AvgIpc) is 2.82. The molecule has 0 atom stereocenters. The van der Waals surface area contributed by atoms with Gasteiger partial charge in [0, 0.05) is 6.07 Å². The summed E-state index contributed by atoms with van der Waals surface area (Å²) in [6, 6.07) is 6.50. The molecule has 0 aliphatic heterocycles. The van der Waals surface area contributed by atoms with Crippen LogP contribution in [0.3, 0.4) is 0 Å². The molecule has 3 aromatic rings. The van der Waals surface area contributed by atoms with E-state index in [-0.39, 0.29) is 11.1 Å². The van der Waals surface area contributed by atoms with Crippen molar-refractivity contribution in [1.82, 2.24) is 9.97 Å². The van der Waals surface area contributed by atoms with Crippen LogP contribution in [0.5, 0.6) is 11.6 Å². The lowest BCUT2D eigenvalue weighted by atomic mass is 10.2. The highest BCUT2D eigenvalue weighted by Crippen LogP contribution is 2.31. The summed E-state index contributed by atoms with van der Waals surface area (Å²) in [7, 11) is 0. The standard InChI is InChI=1S/C13H8ClFN2OS/c1-7-2-3-8(6-10(7)15)18-11-9-4-5-19-12(9)17-13(14)16-11/h2-6H,1H3. The SMILES string of the molecule is Cc1ccc(Oc2nc(Cl)nc3sccc23)cc1F. The first kappa shape index (κ1) is 12.3. The van der Waals surface area contributed by atoms with Crippen LogP contribution in [0.1, 0.15) is 5.56 Å². The number of aryl methyl sites for hydroxylation is 1. The number of halogens is 2. The van der Waals surface area contributed by atoms with Crippen LogP contribution in [0.2, 0.25) is 5.28 Å². The van der Waals surface area contributed by atoms with E-state index in [1.54, 1.807) is 19.1 Å². The highest BCUT2D eigenvalue weighted by molar-refractivity contribution is 7.16. The summed E-state index contributed by atoms with van der Waals surface area (Å²) < 4.78 is 19.1. The molecule has 0 radical (unpaired) electrons. The van der Waals surface area contributed by atoms with Crippen molar-refractivity contribution in [3.63, 3.8) is 0 Å². The van der Waals surface area contributed by atoms with Gasteiger partial charge in [0.15, 0.2) is 0 Å². The van der Waals surface area contributed by atoms with Crippen LogP contribution in [-0.4, -0.2) is 9.97 Å². The van der Waals surface area contributed by atoms with Gasteiger partial charge in [-0.1, -0.05) is 6.07 Å². The minimum Gasteiger partial charge on any atom is -0.438 e. The van der Waals surface area contributed by atoms with Gasteiger partial charge >= 0.3 is 0 Å². The van der Waals surface area contributed by atoms with Crippen molar-refractivity contribution in [1.29, 1.82) is 0 Å². The van der Waals surface area contributed by atoms with Crippen LogP contribution in [0.25, 0.3) is 10.2 Å². The third kappa shape index (κ3) is 2.39. The molecule has 0 saturated heterocycles. The highest BCUT2D eigenvalue weighted by atomic mass is 35.5. The number of ether oxygens (including phenoxy) is 1. The molecule has 96 valence electrons. The fourth-order valence-electron chi connectivity index (χ4n) is 1.63. The normalized spacial score (nSPS) is 10.9. The average molecular weight is 295 g/mol. The largest absolute Gasteiger partial charge is 0.438 e. The Labute approximate surface area is 117 Å². The Balaban J connectivity index is 2.04. The molecule has 1 aromatic carbocycles. The van der Waals surface area contributed by atoms with Crippen LogP contribution < -0.4 is 4.74 Å². The predicted octanol–water partition coefficient (Wildman–Crippen LogP) is 4.58. The van der Waals surface area contributed by atoms with Gasteiger partial charge in [0.2, 0.25) is 11.2 Å². The molecular formula is C13H8ClFN2OS. The van der Waals surface area contributed by atoms with Crippen molar-refractivity contribution >= 4 is 33.2 Å². The van der Waals surface area contributed by atoms with Crippen LogP contribution in [0, 0.1) is 12.7 Å². The van der Waals surface area contributed by atoms with Crippen molar-refractivity contribution in [3.05, 3.63) is 46.3 Å². The Hall–Kier alpha value is -1.72. The van der Waals surface area contributed by atoms with Crippen molar-refractivity contribution in [2.75, 3.05) is 0 Å². The lowest BCUT2D eigenvalue weighted by Gasteiger charge is -2.07. The molecule has 0 fully saturated rings. The predicted molar refractivity (Wildman–Crippen MR) is 73.6 cm³/mol. The first-order chi connectivity index (χ1) is 9.13. The van der Waals surface area contributed by atoms with E-state index >= 15 is 0 Å². The molecule has 0 aliphatic rings. The summed E-state index contributed by atoms with van der Waals surface area (Å²) in [5, 5.41) is 2.74. The van der Waals surface area contributed by atoms with Gasteiger partial charge in [0.05, 0.1) is 5.39 Å². The summed E-state index contributed by atoms with van der Waals surface area (Å²) in [5.41, 5.74) is 0.564. The van der Waals surface area contributed by atoms with Crippen LogP contribution in [-0.2, 0) is 0 Å². The van der Waals surface area contributed by atoms with Gasteiger partial charge in [-0.25, -0.2) is 9.37 Å². The van der Waals surface area contributed by atoms with E-state index in [9.17, 15) is 4.39 Å². The minimum atomic E-state index is -0.320. The van der Waals surface area contributed by atoms with Gasteiger partial charge in [-0.2, -0.15) is 4.98 Å². The molecule has 19 heavy (non-hydrogen) atoms. The molecule has 0 bridgehead atoms. The van der Waals surface area contributed by atoms with Gasteiger partial charge in [0.25, 0.3) is 0 Å². The summed E-state index contributed by atoms with van der Waals surface area (Å²) in [6.07, 6.45) is 0. The second-order valence-electron chi connectivity index (χ2n) is 3.95. The first-order valence-electron chi connectivity index (χ1n) is 5.48. The second-order valence-corrected chi connectivity index (χ2v) is 5.18. The molecule has 0 saturated carbocycles. The van der Waals surface area contributed by atoms with E-state index in [0.717, 1.165) is 10.2 Å². The topological polar surface area (TPSA) is 35.0 Å². The fourth-order valence-corrected chi connectivity index (χ4v) is 2.60. The second kappa shape index (κ2) is 4.75. The maximum atomic E-state index is 13.5. The zero-order valence-corrected chi connectivity index (χ0v) is 11.4. The molecule has 2 heterocycles. The zero-order chi connectivity index (χ0) is 13.4. The van der Waals surface area contributed by atoms with Gasteiger partial charge in [0.1, 0.15) is 16.4 Å². The lowest BCUT2D eigenvalue weighted by molar-refractivity contribution is 0.463. The van der Waals surface area contributed by atoms with Crippen LogP contribution >= 0.6 is 22.9 Å². The Morgan fingerprint density at radius 3 is 2.89 bits per heavy atom. The molecule has 3 rings (SSSR count). The minimum absolute atomic E-state index is 0.109. The maximum absolute atomic E-state index is 13.5. The van der Waals surface area contributed by atoms with E-state index in [0.29, 0.717) is 17.2 Å². The quantitative estimate of drug-likeness (QED) is 0.649. The molecule has 0 N–H and O–H groups in total. The Morgan fingerprint density at radius 2 is 2.11 bits per heavy atom. The number of rotatable bonds is 2. The monoisotopic (exact) mass is 294 g/mol. The van der Waals surface area contributed by atoms with Crippen molar-refractivity contribution < 1.29 is 9.13 Å². The molecule has 6 heteroatoms. The number of benzene rings is 1. The van der Waals surface area contributed by atoms with E-state index < -0.39 is 0 Å². The van der Waals surface area contributed by atoms with E-state index in [4.69, 9.17) is 16.3 Å². The number of hydrogen-bond acceptors (Lipinski definition) is 4. The van der Waals surface area contributed by atoms with Crippen molar-refractivity contribution in [2.24, 2.45) is 0 Å². The number of thiophene rings is 1. The Morgan fingerprint density at radius 1 is 1.26 bits per heavy atom. The summed E-state index contributed by atoms with van der Waals surface area (Å²) >= 11 is 7.28. The molecule has 0 amide bonds. The summed E-state index contributed by atoms with van der Waals surface area (Å²) in [5.74, 6) is 0.393. The van der Waals surface area contributed by atoms with Gasteiger partial charge in [-0.15, -0.1) is 11.3 Å². The summed E-state index contributed by atoms with van der Waals surface area (Å²) in [4.78, 5) is 8.86. The third-order valence-electron chi connectivity index (χ3n) is 2.62. The van der Waals surface area contributed by atoms with Crippen molar-refractivity contribution in [2.45, 2.75) is 6.92 Å². The lowest BCUT2D eigenvalue weighted by Crippen LogP contribution is -1.92. The highest BCUT2D eigenvalue weighted by Gasteiger charge is 2.10. The van der Waals surface area contributed by atoms with E-state index in [2.05, 4.69) is 9.97 Å². The van der Waals surface area contributed by atoms with Crippen molar-refractivity contribution in [3.8, 4) is 11.6 Å². The molecule has 2 aromatic heterocycles. The Bertz CT molecular complexity index is 759. The van der Waals surface area contributed by atoms with E-state index in [1.165, 1.54) is 17.4 Å². The number of nitrogens with zero attached hydrogens (tertiary/aromatic N) is 2. The summed E-state index contributed by atoms with van der Waals surface area (Å²) in [6.45, 7) is 1.69. The number of hydrogen-bond donors (Lipinski definition) is 0. The molecule has 0 unspecified atom stereocenters. The Kier molecular flexibility index (Phi) is 3.08. The maximum Gasteiger partial charge on any atom is 0.232 e. The van der Waals surface area contributed by atoms with Gasteiger partial charge in [-0.3, -0.25) is 0 Å². The fraction of sp³-hybridized carbons (Fsp3) is 0.0769. The first-order valence-corrected chi connectivity index (χ1v) is 6.74. The molecule has 3 nitrogen and oxygen atoms in total.